The number of nitrogens with zero attached hydrogens (tertiary/aromatic N) is 1. The molecule has 0 radical (unpaired) electrons. The highest BCUT2D eigenvalue weighted by atomic mass is 16.4. The molecule has 2 aromatic rings. The summed E-state index contributed by atoms with van der Waals surface area (Å²) in [6, 6.07) is 5.08. The number of nitrogens with two attached hydrogens (primary N) is 1. The third-order valence-electron chi connectivity index (χ3n) is 3.40. The van der Waals surface area contributed by atoms with Crippen LogP contribution < -0.4 is 5.73 Å². The van der Waals surface area contributed by atoms with Crippen LogP contribution in [0.5, 0.6) is 0 Å². The van der Waals surface area contributed by atoms with Gasteiger partial charge >= 0.3 is 5.97 Å². The maximum Gasteiger partial charge on any atom is 0.320 e. The van der Waals surface area contributed by atoms with Crippen molar-refractivity contribution < 1.29 is 9.90 Å². The number of carboxylic acid groups (broad SMARTS) is 1. The van der Waals surface area contributed by atoms with Crippen molar-refractivity contribution in [1.82, 2.24) is 4.98 Å². The highest BCUT2D eigenvalue weighted by molar-refractivity contribution is 5.86. The molecule has 0 spiro atoms. The van der Waals surface area contributed by atoms with Crippen LogP contribution in [0.1, 0.15) is 31.9 Å². The van der Waals surface area contributed by atoms with Crippen molar-refractivity contribution in [1.29, 1.82) is 0 Å². The second kappa shape index (κ2) is 5.21. The number of aromatic nitrogens is 1. The Balaban J connectivity index is 2.44. The van der Waals surface area contributed by atoms with E-state index in [0.29, 0.717) is 6.42 Å². The lowest BCUT2D eigenvalue weighted by molar-refractivity contribution is -0.138. The molecule has 3 N–H and O–H groups in total. The minimum atomic E-state index is -0.980. The van der Waals surface area contributed by atoms with Crippen molar-refractivity contribution in [2.24, 2.45) is 5.73 Å². The van der Waals surface area contributed by atoms with E-state index < -0.39 is 12.0 Å². The fourth-order valence-corrected chi connectivity index (χ4v) is 2.29. The average molecular weight is 272 g/mol. The van der Waals surface area contributed by atoms with E-state index in [2.05, 4.69) is 25.8 Å². The van der Waals surface area contributed by atoms with Gasteiger partial charge in [0.15, 0.2) is 0 Å². The van der Waals surface area contributed by atoms with Gasteiger partial charge in [-0.05, 0) is 34.4 Å². The largest absolute Gasteiger partial charge is 0.480 e. The molecule has 0 amide bonds. The number of aliphatic carboxylic acids is 1. The first-order valence-corrected chi connectivity index (χ1v) is 6.64. The standard InChI is InChI=1S/C16H20N2O2/c1-16(2,3)13-9-18-8-11-6-10(4-5-12(11)13)7-14(17)15(19)20/h4-6,8-9,14H,7,17H2,1-3H3,(H,19,20). The SMILES string of the molecule is CC(C)(C)c1cncc2cc(CC(N)C(=O)O)ccc12. The van der Waals surface area contributed by atoms with Gasteiger partial charge < -0.3 is 10.8 Å². The maximum absolute atomic E-state index is 10.8. The Morgan fingerprint density at radius 1 is 1.35 bits per heavy atom. The average Bonchev–Trinajstić information content (AvgIpc) is 2.36. The molecule has 0 aliphatic rings. The van der Waals surface area contributed by atoms with Gasteiger partial charge in [-0.15, -0.1) is 0 Å². The van der Waals surface area contributed by atoms with Gasteiger partial charge in [-0.2, -0.15) is 0 Å². The minimum absolute atomic E-state index is 0.0193. The summed E-state index contributed by atoms with van der Waals surface area (Å²) in [6.45, 7) is 6.45. The predicted octanol–water partition coefficient (Wildman–Crippen LogP) is 2.49. The maximum atomic E-state index is 10.8. The number of benzene rings is 1. The first kappa shape index (κ1) is 14.5. The van der Waals surface area contributed by atoms with Gasteiger partial charge in [0.25, 0.3) is 0 Å². The third kappa shape index (κ3) is 2.96. The van der Waals surface area contributed by atoms with Gasteiger partial charge in [0.2, 0.25) is 0 Å². The van der Waals surface area contributed by atoms with E-state index in [0.717, 1.165) is 16.3 Å². The van der Waals surface area contributed by atoms with Gasteiger partial charge in [-0.1, -0.05) is 32.9 Å². The van der Waals surface area contributed by atoms with Crippen molar-refractivity contribution in [2.45, 2.75) is 38.6 Å². The van der Waals surface area contributed by atoms with Gasteiger partial charge in [0.05, 0.1) is 0 Å². The van der Waals surface area contributed by atoms with Gasteiger partial charge in [-0.3, -0.25) is 9.78 Å². The Kier molecular flexibility index (Phi) is 3.77. The lowest BCUT2D eigenvalue weighted by Crippen LogP contribution is -2.32. The second-order valence-corrected chi connectivity index (χ2v) is 6.14. The zero-order chi connectivity index (χ0) is 14.9. The quantitative estimate of drug-likeness (QED) is 0.900. The molecule has 1 aromatic carbocycles. The van der Waals surface area contributed by atoms with E-state index in [1.54, 1.807) is 6.20 Å². The molecule has 4 heteroatoms. The molecular weight excluding hydrogens is 252 g/mol. The molecule has 20 heavy (non-hydrogen) atoms. The molecular formula is C16H20N2O2. The lowest BCUT2D eigenvalue weighted by Gasteiger charge is -2.21. The molecule has 1 atom stereocenters. The Morgan fingerprint density at radius 2 is 2.05 bits per heavy atom. The van der Waals surface area contributed by atoms with Crippen LogP contribution in [0.25, 0.3) is 10.8 Å². The molecule has 106 valence electrons. The number of carboxylic acids is 1. The summed E-state index contributed by atoms with van der Waals surface area (Å²) in [7, 11) is 0. The molecule has 2 rings (SSSR count). The Bertz CT molecular complexity index is 644. The van der Waals surface area contributed by atoms with Gasteiger partial charge in [0, 0.05) is 17.8 Å². The summed E-state index contributed by atoms with van der Waals surface area (Å²) in [5, 5.41) is 11.0. The number of rotatable bonds is 3. The van der Waals surface area contributed by atoms with Crippen LogP contribution >= 0.6 is 0 Å². The summed E-state index contributed by atoms with van der Waals surface area (Å²) >= 11 is 0. The molecule has 1 aromatic heterocycles. The summed E-state index contributed by atoms with van der Waals surface area (Å²) in [5.74, 6) is -0.980. The highest BCUT2D eigenvalue weighted by Crippen LogP contribution is 2.29. The number of hydrogen-bond acceptors (Lipinski definition) is 3. The van der Waals surface area contributed by atoms with Gasteiger partial charge in [-0.25, -0.2) is 0 Å². The van der Waals surface area contributed by atoms with Gasteiger partial charge in [0.1, 0.15) is 6.04 Å². The Morgan fingerprint density at radius 3 is 2.65 bits per heavy atom. The molecule has 4 nitrogen and oxygen atoms in total. The second-order valence-electron chi connectivity index (χ2n) is 6.14. The molecule has 0 aliphatic carbocycles. The van der Waals surface area contributed by atoms with Crippen LogP contribution in [-0.4, -0.2) is 22.1 Å². The van der Waals surface area contributed by atoms with E-state index >= 15 is 0 Å². The first-order valence-electron chi connectivity index (χ1n) is 6.64. The predicted molar refractivity (Wildman–Crippen MR) is 79.8 cm³/mol. The van der Waals surface area contributed by atoms with E-state index in [9.17, 15) is 4.79 Å². The summed E-state index contributed by atoms with van der Waals surface area (Å²) in [6.07, 6.45) is 4.02. The van der Waals surface area contributed by atoms with Crippen molar-refractivity contribution >= 4 is 16.7 Å². The topological polar surface area (TPSA) is 76.2 Å². The fourth-order valence-electron chi connectivity index (χ4n) is 2.29. The normalized spacial score (nSPS) is 13.4. The summed E-state index contributed by atoms with van der Waals surface area (Å²) in [4.78, 5) is 15.1. The lowest BCUT2D eigenvalue weighted by atomic mass is 9.85. The summed E-state index contributed by atoms with van der Waals surface area (Å²) < 4.78 is 0. The van der Waals surface area contributed by atoms with Crippen molar-refractivity contribution in [3.05, 3.63) is 41.7 Å². The van der Waals surface area contributed by atoms with Crippen molar-refractivity contribution in [3.63, 3.8) is 0 Å². The fraction of sp³-hybridized carbons (Fsp3) is 0.375. The van der Waals surface area contributed by atoms with Crippen LogP contribution in [-0.2, 0) is 16.6 Å². The zero-order valence-electron chi connectivity index (χ0n) is 12.1. The van der Waals surface area contributed by atoms with Crippen LogP contribution in [0.2, 0.25) is 0 Å². The number of hydrogen-bond donors (Lipinski definition) is 2. The highest BCUT2D eigenvalue weighted by Gasteiger charge is 2.18. The Hall–Kier alpha value is -1.94. The molecule has 0 aliphatic heterocycles. The molecule has 0 fully saturated rings. The van der Waals surface area contributed by atoms with Crippen molar-refractivity contribution in [3.8, 4) is 0 Å². The van der Waals surface area contributed by atoms with E-state index in [-0.39, 0.29) is 5.41 Å². The molecule has 1 heterocycles. The number of pyridine rings is 1. The molecule has 0 bridgehead atoms. The van der Waals surface area contributed by atoms with Crippen LogP contribution in [0.4, 0.5) is 0 Å². The smallest absolute Gasteiger partial charge is 0.320 e. The van der Waals surface area contributed by atoms with Crippen molar-refractivity contribution in [2.75, 3.05) is 0 Å². The van der Waals surface area contributed by atoms with Crippen LogP contribution in [0.3, 0.4) is 0 Å². The first-order chi connectivity index (χ1) is 9.29. The molecule has 0 saturated carbocycles. The van der Waals surface area contributed by atoms with E-state index in [4.69, 9.17) is 10.8 Å². The zero-order valence-corrected chi connectivity index (χ0v) is 12.1. The van der Waals surface area contributed by atoms with E-state index in [1.165, 1.54) is 5.56 Å². The van der Waals surface area contributed by atoms with Crippen LogP contribution in [0.15, 0.2) is 30.6 Å². The van der Waals surface area contributed by atoms with E-state index in [1.807, 2.05) is 24.4 Å². The molecule has 1 unspecified atom stereocenters. The summed E-state index contributed by atoms with van der Waals surface area (Å²) in [5.41, 5.74) is 7.70. The monoisotopic (exact) mass is 272 g/mol. The third-order valence-corrected chi connectivity index (χ3v) is 3.40. The molecule has 0 saturated heterocycles. The number of fused-ring (bicyclic) bond motifs is 1. The Labute approximate surface area is 118 Å². The van der Waals surface area contributed by atoms with Crippen LogP contribution in [0, 0.1) is 0 Å². The minimum Gasteiger partial charge on any atom is -0.480 e. The number of carbonyl (C=O) groups is 1.